The number of ether oxygens (including phenoxy) is 2. The van der Waals surface area contributed by atoms with E-state index in [1.165, 1.54) is 24.3 Å². The highest BCUT2D eigenvalue weighted by atomic mass is 79.9. The molecule has 0 saturated heterocycles. The van der Waals surface area contributed by atoms with Gasteiger partial charge in [-0.15, -0.1) is 0 Å². The van der Waals surface area contributed by atoms with Gasteiger partial charge >= 0.3 is 0 Å². The Morgan fingerprint density at radius 2 is 0.974 bits per heavy atom. The lowest BCUT2D eigenvalue weighted by atomic mass is 10.1. The zero-order valence-corrected chi connectivity index (χ0v) is 23.8. The molecule has 0 aliphatic rings. The molecule has 0 fully saturated rings. The molecule has 0 aromatic heterocycles. The van der Waals surface area contributed by atoms with Gasteiger partial charge in [0.1, 0.15) is 11.5 Å². The molecular weight excluding hydrogens is 671 g/mol. The number of rotatable bonds is 8. The highest BCUT2D eigenvalue weighted by Crippen LogP contribution is 2.28. The van der Waals surface area contributed by atoms with E-state index in [2.05, 4.69) is 53.6 Å². The van der Waals surface area contributed by atoms with Gasteiger partial charge in [0.05, 0.1) is 10.0 Å². The summed E-state index contributed by atoms with van der Waals surface area (Å²) >= 11 is 18.6. The summed E-state index contributed by atoms with van der Waals surface area (Å²) in [6.07, 6.45) is 0. The van der Waals surface area contributed by atoms with Gasteiger partial charge in [0, 0.05) is 20.1 Å². The lowest BCUT2D eigenvalue weighted by Gasteiger charge is -2.11. The number of carbonyl (C=O) groups is 4. The summed E-state index contributed by atoms with van der Waals surface area (Å²) < 4.78 is 12.1. The van der Waals surface area contributed by atoms with Crippen molar-refractivity contribution in [2.75, 3.05) is 13.2 Å². The lowest BCUT2D eigenvalue weighted by molar-refractivity contribution is -0.124. The predicted molar refractivity (Wildman–Crippen MR) is 147 cm³/mol. The van der Waals surface area contributed by atoms with Crippen LogP contribution in [0.5, 0.6) is 11.5 Å². The molecule has 0 saturated carbocycles. The van der Waals surface area contributed by atoms with Crippen LogP contribution in [0.25, 0.3) is 0 Å². The van der Waals surface area contributed by atoms with Crippen molar-refractivity contribution in [2.24, 2.45) is 0 Å². The third kappa shape index (κ3) is 8.91. The highest BCUT2D eigenvalue weighted by molar-refractivity contribution is 9.10. The average Bonchev–Trinajstić information content (AvgIpc) is 2.89. The fraction of sp³-hybridized carbons (Fsp3) is 0.0833. The van der Waals surface area contributed by atoms with Crippen LogP contribution in [0.15, 0.2) is 69.6 Å². The smallest absolute Gasteiger partial charge is 0.276 e. The second-order valence-corrected chi connectivity index (χ2v) is 9.95. The fourth-order valence-corrected chi connectivity index (χ4v) is 4.17. The van der Waals surface area contributed by atoms with Gasteiger partial charge in [0.2, 0.25) is 0 Å². The molecule has 4 N–H and O–H groups in total. The third-order valence-corrected chi connectivity index (χ3v) is 6.12. The standard InChI is InChI=1S/C24H18Br2Cl2N4O6/c25-15-5-7-19(17(27)9-15)37-11-21(33)29-31-23(35)13-1-2-14(4-3-13)24(36)32-30-22(34)12-38-20-8-6-16(26)10-18(20)28/h1-10H,11-12H2,(H,29,33)(H,30,34)(H,31,35)(H,32,36). The molecule has 38 heavy (non-hydrogen) atoms. The Kier molecular flexibility index (Phi) is 10.8. The molecule has 0 aliphatic heterocycles. The third-order valence-electron chi connectivity index (χ3n) is 4.55. The van der Waals surface area contributed by atoms with E-state index in [0.717, 1.165) is 8.95 Å². The maximum absolute atomic E-state index is 12.3. The first-order valence-corrected chi connectivity index (χ1v) is 12.9. The van der Waals surface area contributed by atoms with Gasteiger partial charge in [-0.05, 0) is 60.7 Å². The Morgan fingerprint density at radius 1 is 0.605 bits per heavy atom. The minimum absolute atomic E-state index is 0.169. The van der Waals surface area contributed by atoms with E-state index in [4.69, 9.17) is 32.7 Å². The van der Waals surface area contributed by atoms with E-state index in [1.807, 2.05) is 0 Å². The molecule has 0 spiro atoms. The van der Waals surface area contributed by atoms with Crippen LogP contribution in [0.4, 0.5) is 0 Å². The van der Waals surface area contributed by atoms with Gasteiger partial charge < -0.3 is 9.47 Å². The van der Waals surface area contributed by atoms with Crippen molar-refractivity contribution in [3.8, 4) is 11.5 Å². The zero-order chi connectivity index (χ0) is 27.7. The summed E-state index contributed by atoms with van der Waals surface area (Å²) in [6.45, 7) is -0.763. The van der Waals surface area contributed by atoms with Crippen LogP contribution in [-0.2, 0) is 9.59 Å². The summed E-state index contributed by atoms with van der Waals surface area (Å²) in [5.41, 5.74) is 9.25. The van der Waals surface area contributed by atoms with Crippen LogP contribution in [0, 0.1) is 0 Å². The van der Waals surface area contributed by atoms with E-state index in [1.54, 1.807) is 36.4 Å². The Hall–Kier alpha value is -3.32. The fourth-order valence-electron chi connectivity index (χ4n) is 2.71. The summed E-state index contributed by atoms with van der Waals surface area (Å²) in [4.78, 5) is 48.4. The second kappa shape index (κ2) is 14.0. The number of amides is 4. The van der Waals surface area contributed by atoms with Crippen LogP contribution in [0.3, 0.4) is 0 Å². The van der Waals surface area contributed by atoms with E-state index in [9.17, 15) is 19.2 Å². The highest BCUT2D eigenvalue weighted by Gasteiger charge is 2.12. The average molecular weight is 689 g/mol. The summed E-state index contributed by atoms with van der Waals surface area (Å²) in [6, 6.07) is 15.3. The SMILES string of the molecule is O=C(COc1ccc(Br)cc1Cl)NNC(=O)c1ccc(C(=O)NNC(=O)COc2ccc(Br)cc2Cl)cc1. The van der Waals surface area contributed by atoms with Crippen LogP contribution in [0.2, 0.25) is 10.0 Å². The first kappa shape index (κ1) is 29.2. The summed E-state index contributed by atoms with van der Waals surface area (Å²) in [5.74, 6) is -1.86. The van der Waals surface area contributed by atoms with Crippen molar-refractivity contribution in [3.05, 3.63) is 90.8 Å². The summed E-state index contributed by atoms with van der Waals surface area (Å²) in [5, 5.41) is 0.637. The number of hydrazine groups is 2. The molecular formula is C24H18Br2Cl2N4O6. The molecule has 198 valence electrons. The van der Waals surface area contributed by atoms with Gasteiger partial charge in [0.15, 0.2) is 13.2 Å². The second-order valence-electron chi connectivity index (χ2n) is 7.31. The first-order chi connectivity index (χ1) is 18.1. The minimum Gasteiger partial charge on any atom is -0.482 e. The zero-order valence-electron chi connectivity index (χ0n) is 19.1. The quantitative estimate of drug-likeness (QED) is 0.262. The molecule has 3 rings (SSSR count). The van der Waals surface area contributed by atoms with Crippen molar-refractivity contribution >= 4 is 78.7 Å². The molecule has 10 nitrogen and oxygen atoms in total. The van der Waals surface area contributed by atoms with E-state index in [0.29, 0.717) is 21.5 Å². The molecule has 0 heterocycles. The maximum Gasteiger partial charge on any atom is 0.276 e. The van der Waals surface area contributed by atoms with Crippen LogP contribution in [-0.4, -0.2) is 36.8 Å². The molecule has 0 bridgehead atoms. The summed E-state index contributed by atoms with van der Waals surface area (Å²) in [7, 11) is 0. The number of hydrogen-bond acceptors (Lipinski definition) is 6. The van der Waals surface area contributed by atoms with E-state index < -0.39 is 23.6 Å². The molecule has 4 amide bonds. The van der Waals surface area contributed by atoms with Gasteiger partial charge in [-0.25, -0.2) is 0 Å². The predicted octanol–water partition coefficient (Wildman–Crippen LogP) is 4.20. The molecule has 0 atom stereocenters. The number of hydrogen-bond donors (Lipinski definition) is 4. The molecule has 3 aromatic carbocycles. The topological polar surface area (TPSA) is 135 Å². The van der Waals surface area contributed by atoms with E-state index >= 15 is 0 Å². The van der Waals surface area contributed by atoms with Gasteiger partial charge in [0.25, 0.3) is 23.6 Å². The van der Waals surface area contributed by atoms with Crippen molar-refractivity contribution < 1.29 is 28.7 Å². The number of halogens is 4. The van der Waals surface area contributed by atoms with Gasteiger partial charge in [-0.3, -0.25) is 40.9 Å². The Labute approximate surface area is 243 Å². The molecule has 3 aromatic rings. The van der Waals surface area contributed by atoms with Crippen molar-refractivity contribution in [1.29, 1.82) is 0 Å². The number of carbonyl (C=O) groups excluding carboxylic acids is 4. The molecule has 14 heteroatoms. The van der Waals surface area contributed by atoms with Crippen LogP contribution in [0.1, 0.15) is 20.7 Å². The van der Waals surface area contributed by atoms with Gasteiger partial charge in [-0.2, -0.15) is 0 Å². The molecule has 0 aliphatic carbocycles. The Bertz CT molecular complexity index is 1260. The number of nitrogens with one attached hydrogen (secondary N) is 4. The normalized spacial score (nSPS) is 10.2. The largest absolute Gasteiger partial charge is 0.482 e. The molecule has 0 unspecified atom stereocenters. The van der Waals surface area contributed by atoms with Crippen LogP contribution < -0.4 is 31.2 Å². The van der Waals surface area contributed by atoms with Crippen molar-refractivity contribution in [3.63, 3.8) is 0 Å². The van der Waals surface area contributed by atoms with Crippen molar-refractivity contribution in [2.45, 2.75) is 0 Å². The van der Waals surface area contributed by atoms with Crippen LogP contribution >= 0.6 is 55.1 Å². The minimum atomic E-state index is -0.621. The number of benzene rings is 3. The lowest BCUT2D eigenvalue weighted by Crippen LogP contribution is -2.44. The van der Waals surface area contributed by atoms with E-state index in [-0.39, 0.29) is 24.3 Å². The Balaban J connectivity index is 1.40. The first-order valence-electron chi connectivity index (χ1n) is 10.6. The monoisotopic (exact) mass is 686 g/mol. The van der Waals surface area contributed by atoms with Gasteiger partial charge in [-0.1, -0.05) is 55.1 Å². The van der Waals surface area contributed by atoms with Crippen molar-refractivity contribution in [1.82, 2.24) is 21.7 Å². The Morgan fingerprint density at radius 3 is 1.32 bits per heavy atom. The maximum atomic E-state index is 12.3. The molecule has 0 radical (unpaired) electrons.